The number of rotatable bonds is 5. The van der Waals surface area contributed by atoms with E-state index in [1.165, 1.54) is 91.4 Å². The first-order valence-electron chi connectivity index (χ1n) is 12.8. The van der Waals surface area contributed by atoms with E-state index < -0.39 is 0 Å². The van der Waals surface area contributed by atoms with Crippen molar-refractivity contribution in [3.63, 3.8) is 0 Å². The zero-order valence-corrected chi connectivity index (χ0v) is 19.6. The quantitative estimate of drug-likeness (QED) is 0.297. The lowest BCUT2D eigenvalue weighted by Crippen LogP contribution is -2.10. The van der Waals surface area contributed by atoms with E-state index in [0.717, 1.165) is 11.4 Å². The Hall–Kier alpha value is -3.20. The van der Waals surface area contributed by atoms with Crippen LogP contribution in [0.1, 0.15) is 74.3 Å². The van der Waals surface area contributed by atoms with Gasteiger partial charge in [-0.15, -0.1) is 0 Å². The van der Waals surface area contributed by atoms with Crippen LogP contribution in [0.5, 0.6) is 0 Å². The first kappa shape index (κ1) is 21.3. The molecule has 2 nitrogen and oxygen atoms in total. The molecule has 1 heterocycles. The van der Waals surface area contributed by atoms with Crippen LogP contribution in [0.3, 0.4) is 0 Å². The SMILES string of the molecule is Fc1ccc(-c2nccn2-c2c(C3CCCC3)cc(-c3ccccc3)cc2C2CCCC2)cc1. The maximum atomic E-state index is 13.7. The highest BCUT2D eigenvalue weighted by atomic mass is 19.1. The summed E-state index contributed by atoms with van der Waals surface area (Å²) in [5.74, 6) is 1.82. The number of imidazole rings is 1. The van der Waals surface area contributed by atoms with E-state index in [2.05, 4.69) is 53.2 Å². The van der Waals surface area contributed by atoms with Gasteiger partial charge in [0.25, 0.3) is 0 Å². The fourth-order valence-electron chi connectivity index (χ4n) is 6.15. The monoisotopic (exact) mass is 450 g/mol. The van der Waals surface area contributed by atoms with E-state index in [0.29, 0.717) is 11.8 Å². The van der Waals surface area contributed by atoms with Crippen LogP contribution in [0.4, 0.5) is 4.39 Å². The maximum absolute atomic E-state index is 13.7. The van der Waals surface area contributed by atoms with E-state index >= 15 is 0 Å². The van der Waals surface area contributed by atoms with Crippen LogP contribution in [0.25, 0.3) is 28.2 Å². The predicted octanol–water partition coefficient (Wildman–Crippen LogP) is 8.66. The standard InChI is InChI=1S/C31H31FN2/c32-27-16-14-25(15-17-27)31-33-18-19-34(31)30-28(23-10-4-5-11-23)20-26(22-8-2-1-3-9-22)21-29(30)24-12-6-7-13-24/h1-3,8-9,14-21,23-24H,4-7,10-13H2. The van der Waals surface area contributed by atoms with Crippen LogP contribution in [-0.4, -0.2) is 9.55 Å². The molecule has 0 spiro atoms. The summed E-state index contributed by atoms with van der Waals surface area (Å²) >= 11 is 0. The van der Waals surface area contributed by atoms with Gasteiger partial charge in [0.05, 0.1) is 5.69 Å². The van der Waals surface area contributed by atoms with Crippen molar-refractivity contribution in [1.29, 1.82) is 0 Å². The van der Waals surface area contributed by atoms with Crippen LogP contribution in [0.15, 0.2) is 79.1 Å². The smallest absolute Gasteiger partial charge is 0.144 e. The first-order chi connectivity index (χ1) is 16.8. The topological polar surface area (TPSA) is 17.8 Å². The fourth-order valence-corrected chi connectivity index (χ4v) is 6.15. The third-order valence-electron chi connectivity index (χ3n) is 7.85. The third kappa shape index (κ3) is 3.98. The molecule has 0 saturated heterocycles. The number of nitrogens with zero attached hydrogens (tertiary/aromatic N) is 2. The van der Waals surface area contributed by atoms with Crippen molar-refractivity contribution in [1.82, 2.24) is 9.55 Å². The molecule has 3 aromatic carbocycles. The lowest BCUT2D eigenvalue weighted by molar-refractivity contribution is 0.628. The summed E-state index contributed by atoms with van der Waals surface area (Å²) in [4.78, 5) is 4.75. The molecule has 1 aromatic heterocycles. The molecule has 0 amide bonds. The van der Waals surface area contributed by atoms with Crippen molar-refractivity contribution >= 4 is 0 Å². The zero-order valence-electron chi connectivity index (χ0n) is 19.6. The Morgan fingerprint density at radius 1 is 0.676 bits per heavy atom. The summed E-state index contributed by atoms with van der Waals surface area (Å²) in [5, 5.41) is 0. The summed E-state index contributed by atoms with van der Waals surface area (Å²) in [6.45, 7) is 0. The molecule has 0 bridgehead atoms. The Morgan fingerprint density at radius 3 is 1.85 bits per heavy atom. The Bertz CT molecular complexity index is 1220. The van der Waals surface area contributed by atoms with Gasteiger partial charge in [-0.3, -0.25) is 4.57 Å². The largest absolute Gasteiger partial charge is 0.299 e. The van der Waals surface area contributed by atoms with Gasteiger partial charge in [0.15, 0.2) is 0 Å². The van der Waals surface area contributed by atoms with Crippen molar-refractivity contribution in [2.75, 3.05) is 0 Å². The summed E-state index contributed by atoms with van der Waals surface area (Å²) in [7, 11) is 0. The second-order valence-corrected chi connectivity index (χ2v) is 9.96. The molecule has 0 radical (unpaired) electrons. The van der Waals surface area contributed by atoms with Gasteiger partial charge < -0.3 is 0 Å². The van der Waals surface area contributed by atoms with Gasteiger partial charge in [-0.2, -0.15) is 0 Å². The normalized spacial score (nSPS) is 17.0. The minimum atomic E-state index is -0.215. The van der Waals surface area contributed by atoms with E-state index in [-0.39, 0.29) is 5.82 Å². The fraction of sp³-hybridized carbons (Fsp3) is 0.323. The third-order valence-corrected chi connectivity index (χ3v) is 7.85. The lowest BCUT2D eigenvalue weighted by Gasteiger charge is -2.26. The maximum Gasteiger partial charge on any atom is 0.144 e. The summed E-state index contributed by atoms with van der Waals surface area (Å²) in [6.07, 6.45) is 14.2. The average molecular weight is 451 g/mol. The Labute approximate surface area is 201 Å². The second-order valence-electron chi connectivity index (χ2n) is 9.96. The Balaban J connectivity index is 1.59. The lowest BCUT2D eigenvalue weighted by atomic mass is 9.84. The molecule has 34 heavy (non-hydrogen) atoms. The molecule has 6 rings (SSSR count). The Morgan fingerprint density at radius 2 is 1.26 bits per heavy atom. The molecule has 0 unspecified atom stereocenters. The molecule has 2 aliphatic rings. The molecule has 2 saturated carbocycles. The van der Waals surface area contributed by atoms with Gasteiger partial charge >= 0.3 is 0 Å². The van der Waals surface area contributed by atoms with Gasteiger partial charge in [-0.25, -0.2) is 9.37 Å². The minimum absolute atomic E-state index is 0.215. The van der Waals surface area contributed by atoms with Gasteiger partial charge in [0.1, 0.15) is 11.6 Å². The molecular formula is C31H31FN2. The summed E-state index contributed by atoms with van der Waals surface area (Å²) < 4.78 is 16.0. The molecule has 3 heteroatoms. The van der Waals surface area contributed by atoms with Gasteiger partial charge in [-0.05, 0) is 96.2 Å². The van der Waals surface area contributed by atoms with E-state index in [4.69, 9.17) is 4.98 Å². The highest BCUT2D eigenvalue weighted by Gasteiger charge is 2.29. The van der Waals surface area contributed by atoms with Gasteiger partial charge in [-0.1, -0.05) is 56.0 Å². The van der Waals surface area contributed by atoms with Crippen molar-refractivity contribution in [3.8, 4) is 28.2 Å². The highest BCUT2D eigenvalue weighted by Crippen LogP contribution is 2.46. The minimum Gasteiger partial charge on any atom is -0.299 e. The van der Waals surface area contributed by atoms with Crippen molar-refractivity contribution < 1.29 is 4.39 Å². The second kappa shape index (κ2) is 9.21. The Kier molecular flexibility index (Phi) is 5.78. The number of benzene rings is 3. The van der Waals surface area contributed by atoms with Crippen LogP contribution >= 0.6 is 0 Å². The van der Waals surface area contributed by atoms with E-state index in [1.807, 2.05) is 18.3 Å². The molecular weight excluding hydrogens is 419 g/mol. The highest BCUT2D eigenvalue weighted by molar-refractivity contribution is 5.71. The molecule has 2 aliphatic carbocycles. The van der Waals surface area contributed by atoms with Crippen LogP contribution in [0.2, 0.25) is 0 Å². The van der Waals surface area contributed by atoms with Crippen LogP contribution < -0.4 is 0 Å². The summed E-state index contributed by atoms with van der Waals surface area (Å²) in [6, 6.07) is 22.5. The van der Waals surface area contributed by atoms with Crippen LogP contribution in [-0.2, 0) is 0 Å². The van der Waals surface area contributed by atoms with E-state index in [1.54, 1.807) is 0 Å². The molecule has 4 aromatic rings. The summed E-state index contributed by atoms with van der Waals surface area (Å²) in [5.41, 5.74) is 7.82. The van der Waals surface area contributed by atoms with Crippen LogP contribution in [0, 0.1) is 5.82 Å². The zero-order chi connectivity index (χ0) is 22.9. The number of aromatic nitrogens is 2. The molecule has 0 aliphatic heterocycles. The molecule has 0 atom stereocenters. The van der Waals surface area contributed by atoms with Gasteiger partial charge in [0, 0.05) is 18.0 Å². The van der Waals surface area contributed by atoms with Crippen molar-refractivity contribution in [2.24, 2.45) is 0 Å². The molecule has 0 N–H and O–H groups in total. The van der Waals surface area contributed by atoms with E-state index in [9.17, 15) is 4.39 Å². The number of hydrogen-bond acceptors (Lipinski definition) is 1. The number of halogens is 1. The molecule has 2 fully saturated rings. The molecule has 172 valence electrons. The van der Waals surface area contributed by atoms with Crippen molar-refractivity contribution in [2.45, 2.75) is 63.2 Å². The van der Waals surface area contributed by atoms with Gasteiger partial charge in [0.2, 0.25) is 0 Å². The van der Waals surface area contributed by atoms with Crippen molar-refractivity contribution in [3.05, 3.63) is 96.1 Å². The predicted molar refractivity (Wildman–Crippen MR) is 137 cm³/mol. The number of hydrogen-bond donors (Lipinski definition) is 0. The average Bonchev–Trinajstić information content (AvgIpc) is 3.67. The first-order valence-corrected chi connectivity index (χ1v) is 12.8.